The lowest BCUT2D eigenvalue weighted by atomic mass is 10.1. The molecule has 1 aromatic carbocycles. The van der Waals surface area contributed by atoms with Crippen molar-refractivity contribution in [3.05, 3.63) is 33.5 Å². The van der Waals surface area contributed by atoms with Crippen molar-refractivity contribution in [3.63, 3.8) is 0 Å². The fourth-order valence-corrected chi connectivity index (χ4v) is 1.53. The predicted octanol–water partition coefficient (Wildman–Crippen LogP) is 2.77. The Bertz CT molecular complexity index is 501. The lowest BCUT2D eigenvalue weighted by Gasteiger charge is -2.10. The highest BCUT2D eigenvalue weighted by Crippen LogP contribution is 2.34. The van der Waals surface area contributed by atoms with E-state index in [1.54, 1.807) is 0 Å². The summed E-state index contributed by atoms with van der Waals surface area (Å²) >= 11 is 7.35. The molecule has 0 aliphatic heterocycles. The van der Waals surface area contributed by atoms with Gasteiger partial charge < -0.3 is 5.73 Å². The molecule has 3 nitrogen and oxygen atoms in total. The van der Waals surface area contributed by atoms with Gasteiger partial charge in [-0.2, -0.15) is 18.3 Å². The Morgan fingerprint density at radius 3 is 2.56 bits per heavy atom. The number of benzene rings is 1. The van der Waals surface area contributed by atoms with E-state index < -0.39 is 17.6 Å². The molecule has 18 heavy (non-hydrogen) atoms. The largest absolute Gasteiger partial charge is 0.419 e. The van der Waals surface area contributed by atoms with Crippen molar-refractivity contribution >= 4 is 39.5 Å². The Labute approximate surface area is 113 Å². The summed E-state index contributed by atoms with van der Waals surface area (Å²) < 4.78 is 51.1. The van der Waals surface area contributed by atoms with Gasteiger partial charge in [0.2, 0.25) is 0 Å². The number of thiocarbonyl (C=S) groups is 1. The first kappa shape index (κ1) is 14.8. The van der Waals surface area contributed by atoms with Crippen LogP contribution in [0.5, 0.6) is 0 Å². The second-order valence-electron chi connectivity index (χ2n) is 3.05. The van der Waals surface area contributed by atoms with E-state index in [0.717, 1.165) is 12.3 Å². The van der Waals surface area contributed by atoms with Crippen LogP contribution in [0.3, 0.4) is 0 Å². The molecule has 98 valence electrons. The number of hydrogen-bond acceptors (Lipinski definition) is 2. The monoisotopic (exact) mass is 343 g/mol. The van der Waals surface area contributed by atoms with Gasteiger partial charge >= 0.3 is 6.18 Å². The van der Waals surface area contributed by atoms with E-state index in [4.69, 9.17) is 5.73 Å². The molecular formula is C9H6BrF4N3S. The highest BCUT2D eigenvalue weighted by molar-refractivity contribution is 9.10. The van der Waals surface area contributed by atoms with Crippen LogP contribution >= 0.6 is 28.1 Å². The zero-order chi connectivity index (χ0) is 13.9. The third kappa shape index (κ3) is 3.64. The second kappa shape index (κ2) is 5.61. The number of alkyl halides is 3. The molecule has 0 atom stereocenters. The third-order valence-electron chi connectivity index (χ3n) is 1.80. The number of nitrogens with one attached hydrogen (secondary N) is 1. The highest BCUT2D eigenvalue weighted by atomic mass is 79.9. The number of halogens is 5. The van der Waals surface area contributed by atoms with E-state index in [9.17, 15) is 17.6 Å². The van der Waals surface area contributed by atoms with Crippen molar-refractivity contribution in [3.8, 4) is 0 Å². The Hall–Kier alpha value is -1.22. The van der Waals surface area contributed by atoms with E-state index in [2.05, 4.69) is 38.7 Å². The molecule has 1 aromatic rings. The topological polar surface area (TPSA) is 50.4 Å². The fraction of sp³-hybridized carbons (Fsp3) is 0.111. The zero-order valence-corrected chi connectivity index (χ0v) is 11.0. The molecule has 0 saturated carbocycles. The molecule has 0 bridgehead atoms. The Morgan fingerprint density at radius 1 is 1.44 bits per heavy atom. The van der Waals surface area contributed by atoms with Gasteiger partial charge in [-0.05, 0) is 24.4 Å². The average Bonchev–Trinajstić information content (AvgIpc) is 2.20. The van der Waals surface area contributed by atoms with Crippen LogP contribution in [0.2, 0.25) is 0 Å². The van der Waals surface area contributed by atoms with Crippen LogP contribution in [0.15, 0.2) is 21.7 Å². The van der Waals surface area contributed by atoms with Gasteiger partial charge in [0.25, 0.3) is 0 Å². The molecule has 9 heteroatoms. The van der Waals surface area contributed by atoms with Gasteiger partial charge in [-0.1, -0.05) is 15.9 Å². The summed E-state index contributed by atoms with van der Waals surface area (Å²) in [6, 6.07) is 1.71. The first-order valence-electron chi connectivity index (χ1n) is 4.37. The molecule has 0 aliphatic carbocycles. The molecule has 0 amide bonds. The van der Waals surface area contributed by atoms with Crippen molar-refractivity contribution in [2.24, 2.45) is 10.8 Å². The van der Waals surface area contributed by atoms with Gasteiger partial charge in [0.05, 0.1) is 11.8 Å². The molecule has 0 radical (unpaired) electrons. The first-order chi connectivity index (χ1) is 8.23. The second-order valence-corrected chi connectivity index (χ2v) is 4.35. The normalized spacial score (nSPS) is 11.8. The van der Waals surface area contributed by atoms with Gasteiger partial charge in [0.15, 0.2) is 5.11 Å². The standard InChI is InChI=1S/C9H6BrF4N3S/c10-6-2-1-5(9(12,13)14)7(11)4(6)3-16-17-8(15)18/h1-3H,(H3,15,17,18). The SMILES string of the molecule is NC(=S)NN=Cc1c(Br)ccc(C(F)(F)F)c1F. The van der Waals surface area contributed by atoms with Gasteiger partial charge in [-0.25, -0.2) is 4.39 Å². The van der Waals surface area contributed by atoms with E-state index in [1.165, 1.54) is 0 Å². The molecule has 1 rings (SSSR count). The van der Waals surface area contributed by atoms with Gasteiger partial charge in [-0.3, -0.25) is 5.43 Å². The number of hydrogen-bond donors (Lipinski definition) is 2. The minimum absolute atomic E-state index is 0.126. The van der Waals surface area contributed by atoms with E-state index in [0.29, 0.717) is 6.07 Å². The molecule has 0 fully saturated rings. The number of hydrazone groups is 1. The van der Waals surface area contributed by atoms with Crippen molar-refractivity contribution in [2.75, 3.05) is 0 Å². The van der Waals surface area contributed by atoms with Gasteiger partial charge in [0, 0.05) is 10.0 Å². The molecule has 0 spiro atoms. The average molecular weight is 344 g/mol. The first-order valence-corrected chi connectivity index (χ1v) is 5.57. The molecule has 0 aromatic heterocycles. The summed E-state index contributed by atoms with van der Waals surface area (Å²) in [5, 5.41) is 3.22. The Balaban J connectivity index is 3.19. The van der Waals surface area contributed by atoms with Crippen molar-refractivity contribution in [1.82, 2.24) is 5.43 Å². The maximum Gasteiger partial charge on any atom is 0.419 e. The minimum atomic E-state index is -4.77. The van der Waals surface area contributed by atoms with Crippen molar-refractivity contribution < 1.29 is 17.6 Å². The molecule has 3 N–H and O–H groups in total. The van der Waals surface area contributed by atoms with Crippen LogP contribution in [0.25, 0.3) is 0 Å². The summed E-state index contributed by atoms with van der Waals surface area (Å²) in [5.74, 6) is -1.43. The van der Waals surface area contributed by atoms with Crippen LogP contribution in [0.4, 0.5) is 17.6 Å². The maximum atomic E-state index is 13.6. The molecular weight excluding hydrogens is 338 g/mol. The molecule has 0 heterocycles. The summed E-state index contributed by atoms with van der Waals surface area (Å²) in [5.41, 5.74) is 5.44. The lowest BCUT2D eigenvalue weighted by Crippen LogP contribution is -2.24. The molecule has 0 aliphatic rings. The number of nitrogens with zero attached hydrogens (tertiary/aromatic N) is 1. The molecule has 0 saturated heterocycles. The van der Waals surface area contributed by atoms with E-state index in [-0.39, 0.29) is 15.1 Å². The molecule has 0 unspecified atom stereocenters. The van der Waals surface area contributed by atoms with Crippen LogP contribution in [-0.4, -0.2) is 11.3 Å². The van der Waals surface area contributed by atoms with E-state index >= 15 is 0 Å². The minimum Gasteiger partial charge on any atom is -0.375 e. The van der Waals surface area contributed by atoms with Crippen molar-refractivity contribution in [2.45, 2.75) is 6.18 Å². The van der Waals surface area contributed by atoms with Crippen LogP contribution < -0.4 is 11.2 Å². The van der Waals surface area contributed by atoms with Crippen LogP contribution in [0, 0.1) is 5.82 Å². The van der Waals surface area contributed by atoms with Gasteiger partial charge in [-0.15, -0.1) is 0 Å². The van der Waals surface area contributed by atoms with Crippen molar-refractivity contribution in [1.29, 1.82) is 0 Å². The summed E-state index contributed by atoms with van der Waals surface area (Å²) in [4.78, 5) is 0. The Morgan fingerprint density at radius 2 is 2.06 bits per heavy atom. The smallest absolute Gasteiger partial charge is 0.375 e. The summed E-state index contributed by atoms with van der Waals surface area (Å²) in [6.45, 7) is 0. The van der Waals surface area contributed by atoms with Crippen LogP contribution in [0.1, 0.15) is 11.1 Å². The Kier molecular flexibility index (Phi) is 4.63. The van der Waals surface area contributed by atoms with Gasteiger partial charge in [0.1, 0.15) is 5.82 Å². The van der Waals surface area contributed by atoms with E-state index in [1.807, 2.05) is 0 Å². The quantitative estimate of drug-likeness (QED) is 0.375. The highest BCUT2D eigenvalue weighted by Gasteiger charge is 2.35. The summed E-state index contributed by atoms with van der Waals surface area (Å²) in [7, 11) is 0. The third-order valence-corrected chi connectivity index (χ3v) is 2.58. The summed E-state index contributed by atoms with van der Waals surface area (Å²) in [6.07, 6.45) is -3.92. The fourth-order valence-electron chi connectivity index (χ4n) is 1.07. The van der Waals surface area contributed by atoms with Crippen LogP contribution in [-0.2, 0) is 6.18 Å². The maximum absolute atomic E-state index is 13.6. The zero-order valence-electron chi connectivity index (χ0n) is 8.55. The predicted molar refractivity (Wildman–Crippen MR) is 66.6 cm³/mol. The number of rotatable bonds is 2. The lowest BCUT2D eigenvalue weighted by molar-refractivity contribution is -0.140. The number of nitrogens with two attached hydrogens (primary N) is 1.